The first-order chi connectivity index (χ1) is 6.31. The highest BCUT2D eigenvalue weighted by Gasteiger charge is 2.14. The zero-order chi connectivity index (χ0) is 9.26. The molecule has 1 aliphatic rings. The Hall–Kier alpha value is -0.800. The van der Waals surface area contributed by atoms with Crippen molar-refractivity contribution in [3.63, 3.8) is 0 Å². The van der Waals surface area contributed by atoms with Crippen LogP contribution < -0.4 is 5.73 Å². The van der Waals surface area contributed by atoms with Crippen LogP contribution in [0.15, 0.2) is 12.1 Å². The van der Waals surface area contributed by atoms with Gasteiger partial charge < -0.3 is 10.3 Å². The van der Waals surface area contributed by atoms with Gasteiger partial charge in [-0.25, -0.2) is 0 Å². The van der Waals surface area contributed by atoms with Crippen LogP contribution in [0, 0.1) is 0 Å². The molecule has 3 heteroatoms. The molecule has 72 valence electrons. The molecule has 0 unspecified atom stereocenters. The molecule has 0 bridgehead atoms. The number of hydrogen-bond donors (Lipinski definition) is 1. The van der Waals surface area contributed by atoms with Crippen LogP contribution >= 0.6 is 0 Å². The van der Waals surface area contributed by atoms with Crippen LogP contribution in [0.2, 0.25) is 0 Å². The van der Waals surface area contributed by atoms with E-state index in [9.17, 15) is 0 Å². The number of nitrogens with two attached hydrogens (primary N) is 1. The quantitative estimate of drug-likeness (QED) is 0.714. The summed E-state index contributed by atoms with van der Waals surface area (Å²) in [4.78, 5) is 2.35. The maximum absolute atomic E-state index is 5.56. The van der Waals surface area contributed by atoms with Crippen molar-refractivity contribution in [1.82, 2.24) is 9.47 Å². The van der Waals surface area contributed by atoms with E-state index in [1.54, 1.807) is 0 Å². The number of aromatic nitrogens is 1. The molecule has 0 fully saturated rings. The normalized spacial score (nSPS) is 17.4. The first kappa shape index (κ1) is 8.78. The lowest BCUT2D eigenvalue weighted by Gasteiger charge is -2.26. The van der Waals surface area contributed by atoms with Gasteiger partial charge >= 0.3 is 0 Å². The summed E-state index contributed by atoms with van der Waals surface area (Å²) in [5, 5.41) is 0. The third-order valence-electron chi connectivity index (χ3n) is 2.70. The highest BCUT2D eigenvalue weighted by molar-refractivity contribution is 5.18. The Morgan fingerprint density at radius 2 is 2.23 bits per heavy atom. The Bertz CT molecular complexity index is 277. The van der Waals surface area contributed by atoms with Crippen molar-refractivity contribution in [3.8, 4) is 0 Å². The van der Waals surface area contributed by atoms with E-state index in [4.69, 9.17) is 5.73 Å². The monoisotopic (exact) mass is 179 g/mol. The van der Waals surface area contributed by atoms with E-state index in [1.165, 1.54) is 11.4 Å². The first-order valence-electron chi connectivity index (χ1n) is 4.87. The van der Waals surface area contributed by atoms with Gasteiger partial charge in [-0.05, 0) is 32.1 Å². The van der Waals surface area contributed by atoms with Crippen molar-refractivity contribution in [2.75, 3.05) is 20.1 Å². The zero-order valence-corrected chi connectivity index (χ0v) is 8.16. The largest absolute Gasteiger partial charge is 0.346 e. The SMILES string of the molecule is CN1CCn2c(CCN)ccc2C1. The maximum Gasteiger partial charge on any atom is 0.0384 e. The summed E-state index contributed by atoms with van der Waals surface area (Å²) in [6, 6.07) is 4.43. The molecule has 1 aliphatic heterocycles. The van der Waals surface area contributed by atoms with Crippen LogP contribution in [0.1, 0.15) is 11.4 Å². The second kappa shape index (κ2) is 3.52. The van der Waals surface area contributed by atoms with E-state index in [0.29, 0.717) is 0 Å². The first-order valence-corrected chi connectivity index (χ1v) is 4.87. The van der Waals surface area contributed by atoms with Crippen molar-refractivity contribution < 1.29 is 0 Å². The fraction of sp³-hybridized carbons (Fsp3) is 0.600. The number of rotatable bonds is 2. The van der Waals surface area contributed by atoms with E-state index < -0.39 is 0 Å². The minimum absolute atomic E-state index is 0.749. The lowest BCUT2D eigenvalue weighted by atomic mass is 10.3. The molecular formula is C10H17N3. The Morgan fingerprint density at radius 1 is 1.38 bits per heavy atom. The summed E-state index contributed by atoms with van der Waals surface area (Å²) in [5.74, 6) is 0. The molecule has 0 aromatic carbocycles. The van der Waals surface area contributed by atoms with Crippen LogP contribution in [0.3, 0.4) is 0 Å². The second-order valence-corrected chi connectivity index (χ2v) is 3.74. The molecule has 3 nitrogen and oxygen atoms in total. The Labute approximate surface area is 79.1 Å². The van der Waals surface area contributed by atoms with Gasteiger partial charge in [0.05, 0.1) is 0 Å². The molecule has 0 saturated heterocycles. The van der Waals surface area contributed by atoms with E-state index in [-0.39, 0.29) is 0 Å². The molecule has 2 N–H and O–H groups in total. The number of fused-ring (bicyclic) bond motifs is 1. The van der Waals surface area contributed by atoms with Crippen LogP contribution in [-0.4, -0.2) is 29.6 Å². The maximum atomic E-state index is 5.56. The molecule has 2 heterocycles. The lowest BCUT2D eigenvalue weighted by molar-refractivity contribution is 0.267. The fourth-order valence-electron chi connectivity index (χ4n) is 1.97. The summed E-state index contributed by atoms with van der Waals surface area (Å²) in [6.07, 6.45) is 1.00. The van der Waals surface area contributed by atoms with Gasteiger partial charge in [0.1, 0.15) is 0 Å². The molecule has 0 atom stereocenters. The van der Waals surface area contributed by atoms with Crippen LogP contribution in [0.5, 0.6) is 0 Å². The Balaban J connectivity index is 2.23. The summed E-state index contributed by atoms with van der Waals surface area (Å²) in [6.45, 7) is 4.09. The van der Waals surface area contributed by atoms with Gasteiger partial charge in [0.2, 0.25) is 0 Å². The summed E-state index contributed by atoms with van der Waals surface area (Å²) in [5.41, 5.74) is 8.38. The van der Waals surface area contributed by atoms with Crippen molar-refractivity contribution in [3.05, 3.63) is 23.5 Å². The smallest absolute Gasteiger partial charge is 0.0384 e. The minimum atomic E-state index is 0.749. The predicted octanol–water partition coefficient (Wildman–Crippen LogP) is 0.435. The van der Waals surface area contributed by atoms with Crippen LogP contribution in [0.25, 0.3) is 0 Å². The van der Waals surface area contributed by atoms with Gasteiger partial charge in [0, 0.05) is 31.0 Å². The van der Waals surface area contributed by atoms with Gasteiger partial charge in [-0.3, -0.25) is 4.90 Å². The average molecular weight is 179 g/mol. The predicted molar refractivity (Wildman–Crippen MR) is 53.5 cm³/mol. The van der Waals surface area contributed by atoms with E-state index >= 15 is 0 Å². The average Bonchev–Trinajstić information content (AvgIpc) is 2.49. The molecule has 0 aliphatic carbocycles. The summed E-state index contributed by atoms with van der Waals surface area (Å²) in [7, 11) is 2.17. The molecule has 0 radical (unpaired) electrons. The van der Waals surface area contributed by atoms with Crippen molar-refractivity contribution in [1.29, 1.82) is 0 Å². The van der Waals surface area contributed by atoms with Gasteiger partial charge in [0.15, 0.2) is 0 Å². The summed E-state index contributed by atoms with van der Waals surface area (Å²) >= 11 is 0. The standard InChI is InChI=1S/C10H17N3/c1-12-6-7-13-9(4-5-11)2-3-10(13)8-12/h2-3H,4-8,11H2,1H3. The lowest BCUT2D eigenvalue weighted by Crippen LogP contribution is -2.31. The van der Waals surface area contributed by atoms with Crippen molar-refractivity contribution in [2.45, 2.75) is 19.5 Å². The van der Waals surface area contributed by atoms with Gasteiger partial charge in [-0.2, -0.15) is 0 Å². The molecule has 1 aromatic heterocycles. The van der Waals surface area contributed by atoms with Gasteiger partial charge in [-0.15, -0.1) is 0 Å². The topological polar surface area (TPSA) is 34.2 Å². The second-order valence-electron chi connectivity index (χ2n) is 3.74. The molecule has 0 saturated carbocycles. The fourth-order valence-corrected chi connectivity index (χ4v) is 1.97. The van der Waals surface area contributed by atoms with Gasteiger partial charge in [-0.1, -0.05) is 0 Å². The van der Waals surface area contributed by atoms with Crippen molar-refractivity contribution in [2.24, 2.45) is 5.73 Å². The van der Waals surface area contributed by atoms with E-state index in [0.717, 1.165) is 32.6 Å². The van der Waals surface area contributed by atoms with E-state index in [1.807, 2.05) is 0 Å². The number of hydrogen-bond acceptors (Lipinski definition) is 2. The van der Waals surface area contributed by atoms with Crippen LogP contribution in [0.4, 0.5) is 0 Å². The third kappa shape index (κ3) is 1.62. The highest BCUT2D eigenvalue weighted by Crippen LogP contribution is 2.15. The molecule has 0 spiro atoms. The highest BCUT2D eigenvalue weighted by atomic mass is 15.2. The third-order valence-corrected chi connectivity index (χ3v) is 2.70. The van der Waals surface area contributed by atoms with Crippen LogP contribution in [-0.2, 0) is 19.5 Å². The van der Waals surface area contributed by atoms with E-state index in [2.05, 4.69) is 28.6 Å². The zero-order valence-electron chi connectivity index (χ0n) is 8.16. The molecule has 1 aromatic rings. The molecular weight excluding hydrogens is 162 g/mol. The molecule has 0 amide bonds. The summed E-state index contributed by atoms with van der Waals surface area (Å²) < 4.78 is 2.41. The number of nitrogens with zero attached hydrogens (tertiary/aromatic N) is 2. The Kier molecular flexibility index (Phi) is 2.38. The molecule has 13 heavy (non-hydrogen) atoms. The Morgan fingerprint density at radius 3 is 3.00 bits per heavy atom. The van der Waals surface area contributed by atoms with Gasteiger partial charge in [0.25, 0.3) is 0 Å². The minimum Gasteiger partial charge on any atom is -0.346 e. The number of likely N-dealkylation sites (N-methyl/N-ethyl adjacent to an activating group) is 1. The molecule has 2 rings (SSSR count). The van der Waals surface area contributed by atoms with Crippen molar-refractivity contribution >= 4 is 0 Å².